The minimum Gasteiger partial charge on any atom is -0.454 e. The molecule has 0 saturated heterocycles. The molecule has 21 heavy (non-hydrogen) atoms. The van der Waals surface area contributed by atoms with E-state index < -0.39 is 0 Å². The van der Waals surface area contributed by atoms with Crippen LogP contribution in [0.2, 0.25) is 5.15 Å². The van der Waals surface area contributed by atoms with Gasteiger partial charge in [-0.1, -0.05) is 17.7 Å². The fraction of sp³-hybridized carbons (Fsp3) is 0.200. The molecule has 0 bridgehead atoms. The van der Waals surface area contributed by atoms with E-state index in [4.69, 9.17) is 21.1 Å². The third-order valence-electron chi connectivity index (χ3n) is 3.19. The maximum absolute atomic E-state index is 12.3. The van der Waals surface area contributed by atoms with Crippen molar-refractivity contribution in [1.29, 1.82) is 0 Å². The number of fused-ring (bicyclic) bond motifs is 1. The van der Waals surface area contributed by atoms with Crippen LogP contribution in [0.25, 0.3) is 0 Å². The number of halogens is 1. The molecule has 2 aromatic rings. The molecular weight excluding hydrogens is 292 g/mol. The maximum Gasteiger partial charge on any atom is 0.257 e. The highest BCUT2D eigenvalue weighted by molar-refractivity contribution is 6.32. The SMILES string of the molecule is CN(Cc1ccc2c(c1)OCO2)C(=O)c1cccnc1Cl. The van der Waals surface area contributed by atoms with Crippen molar-refractivity contribution in [2.75, 3.05) is 13.8 Å². The highest BCUT2D eigenvalue weighted by Gasteiger charge is 2.18. The van der Waals surface area contributed by atoms with Crippen LogP contribution in [0.5, 0.6) is 11.5 Å². The smallest absolute Gasteiger partial charge is 0.257 e. The van der Waals surface area contributed by atoms with Crippen LogP contribution in [0.3, 0.4) is 0 Å². The van der Waals surface area contributed by atoms with Crippen molar-refractivity contribution in [3.05, 3.63) is 52.8 Å². The molecule has 5 nitrogen and oxygen atoms in total. The van der Waals surface area contributed by atoms with Crippen LogP contribution in [0.1, 0.15) is 15.9 Å². The molecule has 1 aromatic heterocycles. The first-order valence-electron chi connectivity index (χ1n) is 6.39. The third-order valence-corrected chi connectivity index (χ3v) is 3.49. The number of benzene rings is 1. The highest BCUT2D eigenvalue weighted by Crippen LogP contribution is 2.32. The second-order valence-corrected chi connectivity index (χ2v) is 5.05. The summed E-state index contributed by atoms with van der Waals surface area (Å²) in [5.74, 6) is 1.25. The van der Waals surface area contributed by atoms with Gasteiger partial charge < -0.3 is 14.4 Å². The molecule has 0 atom stereocenters. The molecule has 0 N–H and O–H groups in total. The van der Waals surface area contributed by atoms with Gasteiger partial charge in [0.2, 0.25) is 6.79 Å². The Morgan fingerprint density at radius 3 is 2.95 bits per heavy atom. The molecule has 1 amide bonds. The summed E-state index contributed by atoms with van der Waals surface area (Å²) >= 11 is 5.95. The zero-order chi connectivity index (χ0) is 14.8. The number of hydrogen-bond donors (Lipinski definition) is 0. The summed E-state index contributed by atoms with van der Waals surface area (Å²) in [5.41, 5.74) is 1.34. The van der Waals surface area contributed by atoms with Crippen molar-refractivity contribution in [2.45, 2.75) is 6.54 Å². The van der Waals surface area contributed by atoms with E-state index in [1.54, 1.807) is 30.3 Å². The number of aromatic nitrogens is 1. The van der Waals surface area contributed by atoms with Crippen LogP contribution in [-0.4, -0.2) is 29.6 Å². The molecule has 3 rings (SSSR count). The number of carbonyl (C=O) groups excluding carboxylic acids is 1. The fourth-order valence-electron chi connectivity index (χ4n) is 2.14. The van der Waals surface area contributed by atoms with Crippen molar-refractivity contribution in [1.82, 2.24) is 9.88 Å². The van der Waals surface area contributed by atoms with Crippen LogP contribution >= 0.6 is 11.6 Å². The van der Waals surface area contributed by atoms with E-state index in [0.29, 0.717) is 17.9 Å². The zero-order valence-electron chi connectivity index (χ0n) is 11.4. The summed E-state index contributed by atoms with van der Waals surface area (Å²) in [6.07, 6.45) is 1.55. The van der Waals surface area contributed by atoms with E-state index in [1.165, 1.54) is 0 Å². The average Bonchev–Trinajstić information content (AvgIpc) is 2.94. The first kappa shape index (κ1) is 13.7. The van der Waals surface area contributed by atoms with Crippen LogP contribution in [0, 0.1) is 0 Å². The van der Waals surface area contributed by atoms with E-state index >= 15 is 0 Å². The minimum absolute atomic E-state index is 0.175. The third kappa shape index (κ3) is 2.78. The van der Waals surface area contributed by atoms with Crippen LogP contribution < -0.4 is 9.47 Å². The summed E-state index contributed by atoms with van der Waals surface area (Å²) < 4.78 is 10.6. The Balaban J connectivity index is 1.76. The second-order valence-electron chi connectivity index (χ2n) is 4.69. The molecule has 0 saturated carbocycles. The summed E-state index contributed by atoms with van der Waals surface area (Å²) in [7, 11) is 1.72. The van der Waals surface area contributed by atoms with Gasteiger partial charge in [0.25, 0.3) is 5.91 Å². The minimum atomic E-state index is -0.175. The normalized spacial score (nSPS) is 12.3. The van der Waals surface area contributed by atoms with Gasteiger partial charge in [-0.2, -0.15) is 0 Å². The van der Waals surface area contributed by atoms with Crippen molar-refractivity contribution >= 4 is 17.5 Å². The van der Waals surface area contributed by atoms with Gasteiger partial charge >= 0.3 is 0 Å². The topological polar surface area (TPSA) is 51.7 Å². The van der Waals surface area contributed by atoms with Crippen LogP contribution in [-0.2, 0) is 6.54 Å². The average molecular weight is 305 g/mol. The Morgan fingerprint density at radius 2 is 2.14 bits per heavy atom. The number of hydrogen-bond acceptors (Lipinski definition) is 4. The Bertz CT molecular complexity index is 690. The summed E-state index contributed by atoms with van der Waals surface area (Å²) in [4.78, 5) is 17.9. The number of carbonyl (C=O) groups is 1. The Labute approximate surface area is 127 Å². The Kier molecular flexibility index (Phi) is 3.66. The van der Waals surface area contributed by atoms with Crippen molar-refractivity contribution in [2.24, 2.45) is 0 Å². The van der Waals surface area contributed by atoms with E-state index in [-0.39, 0.29) is 17.9 Å². The van der Waals surface area contributed by atoms with Gasteiger partial charge in [0.15, 0.2) is 11.5 Å². The van der Waals surface area contributed by atoms with Gasteiger partial charge in [-0.25, -0.2) is 4.98 Å². The van der Waals surface area contributed by atoms with Crippen LogP contribution in [0.4, 0.5) is 0 Å². The van der Waals surface area contributed by atoms with E-state index in [1.807, 2.05) is 18.2 Å². The lowest BCUT2D eigenvalue weighted by molar-refractivity contribution is 0.0784. The van der Waals surface area contributed by atoms with Gasteiger partial charge in [0, 0.05) is 19.8 Å². The predicted molar refractivity (Wildman–Crippen MR) is 77.6 cm³/mol. The lowest BCUT2D eigenvalue weighted by Crippen LogP contribution is -2.26. The Morgan fingerprint density at radius 1 is 1.33 bits per heavy atom. The van der Waals surface area contributed by atoms with Gasteiger partial charge in [-0.3, -0.25) is 4.79 Å². The van der Waals surface area contributed by atoms with Gasteiger partial charge in [-0.05, 0) is 29.8 Å². The number of pyridine rings is 1. The number of amides is 1. The molecule has 0 fully saturated rings. The quantitative estimate of drug-likeness (QED) is 0.818. The molecule has 0 radical (unpaired) electrons. The molecule has 0 aliphatic carbocycles. The highest BCUT2D eigenvalue weighted by atomic mass is 35.5. The molecule has 0 unspecified atom stereocenters. The lowest BCUT2D eigenvalue weighted by Gasteiger charge is -2.18. The van der Waals surface area contributed by atoms with E-state index in [0.717, 1.165) is 11.3 Å². The standard InChI is InChI=1S/C15H13ClN2O3/c1-18(15(19)11-3-2-6-17-14(11)16)8-10-4-5-12-13(7-10)21-9-20-12/h2-7H,8-9H2,1H3. The monoisotopic (exact) mass is 304 g/mol. The zero-order valence-corrected chi connectivity index (χ0v) is 12.1. The molecule has 0 spiro atoms. The summed E-state index contributed by atoms with van der Waals surface area (Å²) in [5, 5.41) is 0.208. The number of ether oxygens (including phenoxy) is 2. The van der Waals surface area contributed by atoms with Crippen LogP contribution in [0.15, 0.2) is 36.5 Å². The molecular formula is C15H13ClN2O3. The predicted octanol–water partition coefficient (Wildman–Crippen LogP) is 2.74. The molecule has 108 valence electrons. The van der Waals surface area contributed by atoms with Crippen molar-refractivity contribution < 1.29 is 14.3 Å². The first-order valence-corrected chi connectivity index (χ1v) is 6.77. The second kappa shape index (κ2) is 5.61. The molecule has 1 aliphatic heterocycles. The molecule has 1 aromatic carbocycles. The van der Waals surface area contributed by atoms with Crippen molar-refractivity contribution in [3.8, 4) is 11.5 Å². The Hall–Kier alpha value is -2.27. The largest absolute Gasteiger partial charge is 0.454 e. The maximum atomic E-state index is 12.3. The lowest BCUT2D eigenvalue weighted by atomic mass is 10.1. The molecule has 6 heteroatoms. The van der Waals surface area contributed by atoms with Crippen molar-refractivity contribution in [3.63, 3.8) is 0 Å². The number of nitrogens with zero attached hydrogens (tertiary/aromatic N) is 2. The molecule has 1 aliphatic rings. The van der Waals surface area contributed by atoms with Gasteiger partial charge in [0.05, 0.1) is 5.56 Å². The summed E-state index contributed by atoms with van der Waals surface area (Å²) in [6.45, 7) is 0.680. The van der Waals surface area contributed by atoms with E-state index in [2.05, 4.69) is 4.98 Å². The van der Waals surface area contributed by atoms with Gasteiger partial charge in [-0.15, -0.1) is 0 Å². The molecule has 2 heterocycles. The summed E-state index contributed by atoms with van der Waals surface area (Å²) in [6, 6.07) is 8.97. The fourth-order valence-corrected chi connectivity index (χ4v) is 2.34. The van der Waals surface area contributed by atoms with Gasteiger partial charge in [0.1, 0.15) is 5.15 Å². The number of rotatable bonds is 3. The van der Waals surface area contributed by atoms with E-state index in [9.17, 15) is 4.79 Å². The first-order chi connectivity index (χ1) is 10.1.